The van der Waals surface area contributed by atoms with Crippen LogP contribution in [0.5, 0.6) is 0 Å². The van der Waals surface area contributed by atoms with Crippen molar-refractivity contribution >= 4 is 0 Å². The van der Waals surface area contributed by atoms with Crippen LogP contribution in [0.25, 0.3) is 0 Å². The molecule has 3 heteroatoms. The van der Waals surface area contributed by atoms with Gasteiger partial charge >= 0.3 is 0 Å². The Morgan fingerprint density at radius 3 is 2.00 bits per heavy atom. The van der Waals surface area contributed by atoms with Gasteiger partial charge in [-0.25, -0.2) is 13.2 Å². The lowest BCUT2D eigenvalue weighted by Gasteiger charge is -2.29. The summed E-state index contributed by atoms with van der Waals surface area (Å²) < 4.78 is 40.5. The Morgan fingerprint density at radius 1 is 1.06 bits per heavy atom. The highest BCUT2D eigenvalue weighted by molar-refractivity contribution is 5.31. The molecule has 0 amide bonds. The molecule has 0 unspecified atom stereocenters. The van der Waals surface area contributed by atoms with E-state index in [1.54, 1.807) is 6.07 Å². The summed E-state index contributed by atoms with van der Waals surface area (Å²) in [6, 6.07) is 4.22. The number of rotatable bonds is 2. The summed E-state index contributed by atoms with van der Waals surface area (Å²) in [5, 5.41) is 0. The molecule has 0 heterocycles. The lowest BCUT2D eigenvalue weighted by atomic mass is 9.77. The third-order valence-corrected chi connectivity index (χ3v) is 3.27. The van der Waals surface area contributed by atoms with Crippen LogP contribution in [-0.2, 0) is 5.92 Å². The van der Waals surface area contributed by atoms with Crippen LogP contribution in [0.4, 0.5) is 13.2 Å². The van der Waals surface area contributed by atoms with Crippen molar-refractivity contribution < 1.29 is 13.2 Å². The van der Waals surface area contributed by atoms with E-state index in [4.69, 9.17) is 0 Å². The van der Waals surface area contributed by atoms with Gasteiger partial charge in [-0.05, 0) is 16.9 Å². The molecule has 96 valence electrons. The van der Waals surface area contributed by atoms with Crippen LogP contribution in [0.1, 0.15) is 51.7 Å². The normalized spacial score (nSPS) is 14.8. The zero-order valence-electron chi connectivity index (χ0n) is 10.9. The van der Waals surface area contributed by atoms with Crippen molar-refractivity contribution in [1.29, 1.82) is 0 Å². The van der Waals surface area contributed by atoms with Crippen molar-refractivity contribution in [3.05, 3.63) is 35.1 Å². The Kier molecular flexibility index (Phi) is 3.60. The monoisotopic (exact) mass is 244 g/mol. The summed E-state index contributed by atoms with van der Waals surface area (Å²) in [6.45, 7) is 8.47. The lowest BCUT2D eigenvalue weighted by Crippen LogP contribution is -2.19. The summed E-state index contributed by atoms with van der Waals surface area (Å²) in [4.78, 5) is 0. The van der Waals surface area contributed by atoms with Crippen LogP contribution in [0, 0.1) is 11.2 Å². The third-order valence-electron chi connectivity index (χ3n) is 3.27. The van der Waals surface area contributed by atoms with Gasteiger partial charge < -0.3 is 0 Å². The smallest absolute Gasteiger partial charge is 0.206 e. The fourth-order valence-corrected chi connectivity index (χ4v) is 1.69. The van der Waals surface area contributed by atoms with Crippen molar-refractivity contribution in [3.8, 4) is 0 Å². The molecule has 0 bridgehead atoms. The maximum absolute atomic E-state index is 14.1. The number of alkyl halides is 2. The van der Waals surface area contributed by atoms with Gasteiger partial charge in [0, 0.05) is 6.92 Å². The minimum atomic E-state index is -3.14. The second-order valence-electron chi connectivity index (χ2n) is 5.68. The van der Waals surface area contributed by atoms with Gasteiger partial charge in [-0.1, -0.05) is 45.9 Å². The summed E-state index contributed by atoms with van der Waals surface area (Å²) >= 11 is 0. The van der Waals surface area contributed by atoms with Crippen molar-refractivity contribution in [2.24, 2.45) is 5.41 Å². The highest BCUT2D eigenvalue weighted by Crippen LogP contribution is 2.39. The van der Waals surface area contributed by atoms with Gasteiger partial charge in [0.25, 0.3) is 5.92 Å². The second-order valence-corrected chi connectivity index (χ2v) is 5.68. The van der Waals surface area contributed by atoms with Crippen LogP contribution in [-0.4, -0.2) is 0 Å². The van der Waals surface area contributed by atoms with Crippen molar-refractivity contribution in [2.45, 2.75) is 46.5 Å². The largest absolute Gasteiger partial charge is 0.273 e. The summed E-state index contributed by atoms with van der Waals surface area (Å²) in [7, 11) is 0. The van der Waals surface area contributed by atoms with Crippen LogP contribution >= 0.6 is 0 Å². The molecule has 1 atom stereocenters. The van der Waals surface area contributed by atoms with E-state index >= 15 is 0 Å². The predicted molar refractivity (Wildman–Crippen MR) is 63.8 cm³/mol. The van der Waals surface area contributed by atoms with Crippen molar-refractivity contribution in [3.63, 3.8) is 0 Å². The molecule has 0 fully saturated rings. The van der Waals surface area contributed by atoms with Crippen LogP contribution in [0.15, 0.2) is 18.2 Å². The van der Waals surface area contributed by atoms with Gasteiger partial charge in [-0.15, -0.1) is 0 Å². The van der Waals surface area contributed by atoms with E-state index in [-0.39, 0.29) is 11.3 Å². The molecule has 0 spiro atoms. The molecular weight excluding hydrogens is 225 g/mol. The van der Waals surface area contributed by atoms with E-state index in [0.717, 1.165) is 13.0 Å². The minimum absolute atomic E-state index is 0.121. The first-order valence-corrected chi connectivity index (χ1v) is 5.72. The molecule has 0 radical (unpaired) electrons. The molecule has 0 saturated heterocycles. The molecule has 0 saturated carbocycles. The molecule has 1 aromatic rings. The van der Waals surface area contributed by atoms with Gasteiger partial charge in [0.05, 0.1) is 5.56 Å². The summed E-state index contributed by atoms with van der Waals surface area (Å²) in [6.07, 6.45) is 0. The highest BCUT2D eigenvalue weighted by atomic mass is 19.3. The Hall–Kier alpha value is -0.990. The third kappa shape index (κ3) is 3.02. The maximum atomic E-state index is 14.1. The molecule has 0 aliphatic rings. The van der Waals surface area contributed by atoms with E-state index in [0.29, 0.717) is 5.56 Å². The Bertz CT molecular complexity index is 397. The zero-order chi connectivity index (χ0) is 13.4. The standard InChI is InChI=1S/C14H19F3/c1-9(13(2,3)4)10-7-6-8-11(12(10)15)14(5,16)17/h6-9H,1-5H3/t9-/m1/s1. The molecule has 1 rings (SSSR count). The highest BCUT2D eigenvalue weighted by Gasteiger charge is 2.32. The number of halogens is 3. The van der Waals surface area contributed by atoms with E-state index in [9.17, 15) is 13.2 Å². The lowest BCUT2D eigenvalue weighted by molar-refractivity contribution is 0.0134. The van der Waals surface area contributed by atoms with Crippen LogP contribution < -0.4 is 0 Å². The van der Waals surface area contributed by atoms with E-state index in [2.05, 4.69) is 0 Å². The first kappa shape index (κ1) is 14.1. The minimum Gasteiger partial charge on any atom is -0.206 e. The van der Waals surface area contributed by atoms with Gasteiger partial charge in [0.15, 0.2) is 0 Å². The second kappa shape index (κ2) is 4.35. The van der Waals surface area contributed by atoms with E-state index in [1.165, 1.54) is 6.07 Å². The van der Waals surface area contributed by atoms with Gasteiger partial charge in [0.2, 0.25) is 0 Å². The van der Waals surface area contributed by atoms with E-state index in [1.807, 2.05) is 27.7 Å². The predicted octanol–water partition coefficient (Wildman–Crippen LogP) is 5.09. The molecular formula is C14H19F3. The Balaban J connectivity index is 3.30. The van der Waals surface area contributed by atoms with E-state index < -0.39 is 17.3 Å². The van der Waals surface area contributed by atoms with Crippen molar-refractivity contribution in [2.75, 3.05) is 0 Å². The quantitative estimate of drug-likeness (QED) is 0.680. The topological polar surface area (TPSA) is 0 Å². The molecule has 0 N–H and O–H groups in total. The van der Waals surface area contributed by atoms with Gasteiger partial charge in [-0.3, -0.25) is 0 Å². The van der Waals surface area contributed by atoms with Crippen molar-refractivity contribution in [1.82, 2.24) is 0 Å². The molecule has 17 heavy (non-hydrogen) atoms. The Morgan fingerprint density at radius 2 is 1.59 bits per heavy atom. The SMILES string of the molecule is C[C@H](c1cccc(C(C)(F)F)c1F)C(C)(C)C. The van der Waals surface area contributed by atoms with Gasteiger partial charge in [0.1, 0.15) is 5.82 Å². The zero-order valence-corrected chi connectivity index (χ0v) is 10.9. The molecule has 0 aliphatic heterocycles. The average molecular weight is 244 g/mol. The molecule has 1 aromatic carbocycles. The molecule has 0 nitrogen and oxygen atoms in total. The number of benzene rings is 1. The van der Waals surface area contributed by atoms with Gasteiger partial charge in [-0.2, -0.15) is 0 Å². The first-order chi connectivity index (χ1) is 7.55. The number of hydrogen-bond donors (Lipinski definition) is 0. The number of hydrogen-bond acceptors (Lipinski definition) is 0. The van der Waals surface area contributed by atoms with Crippen LogP contribution in [0.3, 0.4) is 0 Å². The summed E-state index contributed by atoms with van der Waals surface area (Å²) in [5.74, 6) is -4.04. The molecule has 0 aromatic heterocycles. The maximum Gasteiger partial charge on any atom is 0.273 e. The fraction of sp³-hybridized carbons (Fsp3) is 0.571. The first-order valence-electron chi connectivity index (χ1n) is 5.72. The van der Waals surface area contributed by atoms with Crippen LogP contribution in [0.2, 0.25) is 0 Å². The average Bonchev–Trinajstić information content (AvgIpc) is 2.13. The molecule has 0 aliphatic carbocycles. The Labute approximate surface area is 101 Å². The fourth-order valence-electron chi connectivity index (χ4n) is 1.69. The summed E-state index contributed by atoms with van der Waals surface area (Å²) in [5.41, 5.74) is -0.328.